The van der Waals surface area contributed by atoms with Gasteiger partial charge in [0.25, 0.3) is 0 Å². The lowest BCUT2D eigenvalue weighted by Gasteiger charge is -2.27. The second kappa shape index (κ2) is 8.63. The molecular weight excluding hydrogens is 244 g/mol. The molecule has 1 unspecified atom stereocenters. The molecule has 0 spiro atoms. The monoisotopic (exact) mass is 266 g/mol. The fraction of sp³-hybridized carbons (Fsp3) is 0.500. The smallest absolute Gasteiger partial charge is 0.332 e. The second-order valence-electron chi connectivity index (χ2n) is 4.53. The highest BCUT2D eigenvalue weighted by Gasteiger charge is 2.08. The minimum atomic E-state index is -1.23. The molecule has 3 N–H and O–H groups in total. The summed E-state index contributed by atoms with van der Waals surface area (Å²) in [5, 5.41) is 19.1. The van der Waals surface area contributed by atoms with Gasteiger partial charge in [0, 0.05) is 32.7 Å². The summed E-state index contributed by atoms with van der Waals surface area (Å²) in [6.07, 6.45) is -1.23. The van der Waals surface area contributed by atoms with Crippen LogP contribution in [0.1, 0.15) is 12.5 Å². The molecule has 0 bridgehead atoms. The molecule has 1 aliphatic heterocycles. The van der Waals surface area contributed by atoms with Gasteiger partial charge in [0.2, 0.25) is 0 Å². The number of carboxylic acid groups (broad SMARTS) is 1. The van der Waals surface area contributed by atoms with Crippen molar-refractivity contribution in [1.29, 1.82) is 0 Å². The maximum absolute atomic E-state index is 9.45. The maximum atomic E-state index is 9.45. The molecule has 2 rings (SSSR count). The number of benzene rings is 1. The molecule has 1 saturated heterocycles. The number of nitrogens with one attached hydrogen (secondary N) is 1. The van der Waals surface area contributed by atoms with Crippen molar-refractivity contribution in [1.82, 2.24) is 10.2 Å². The molecule has 0 amide bonds. The van der Waals surface area contributed by atoms with Gasteiger partial charge in [-0.25, -0.2) is 4.79 Å². The number of rotatable bonds is 3. The van der Waals surface area contributed by atoms with Gasteiger partial charge in [0.1, 0.15) is 6.10 Å². The van der Waals surface area contributed by atoms with Crippen LogP contribution in [0.5, 0.6) is 0 Å². The highest BCUT2D eigenvalue weighted by molar-refractivity contribution is 5.71. The Labute approximate surface area is 113 Å². The van der Waals surface area contributed by atoms with Gasteiger partial charge in [-0.15, -0.1) is 0 Å². The first kappa shape index (κ1) is 15.6. The molecule has 1 aromatic carbocycles. The van der Waals surface area contributed by atoms with Gasteiger partial charge in [-0.3, -0.25) is 4.90 Å². The molecule has 0 aromatic heterocycles. The van der Waals surface area contributed by atoms with Crippen LogP contribution in [0.3, 0.4) is 0 Å². The lowest BCUT2D eigenvalue weighted by atomic mass is 10.2. The van der Waals surface area contributed by atoms with Crippen molar-refractivity contribution in [2.24, 2.45) is 0 Å². The van der Waals surface area contributed by atoms with Crippen molar-refractivity contribution in [3.63, 3.8) is 0 Å². The Hall–Kier alpha value is -1.43. The molecule has 19 heavy (non-hydrogen) atoms. The Kier molecular flexibility index (Phi) is 7.10. The molecule has 1 aliphatic rings. The Morgan fingerprint density at radius 1 is 1.32 bits per heavy atom. The third-order valence-corrected chi connectivity index (χ3v) is 2.82. The van der Waals surface area contributed by atoms with Gasteiger partial charge in [0.05, 0.1) is 0 Å². The van der Waals surface area contributed by atoms with Crippen molar-refractivity contribution in [2.45, 2.75) is 19.6 Å². The second-order valence-corrected chi connectivity index (χ2v) is 4.53. The number of carbonyl (C=O) groups is 1. The van der Waals surface area contributed by atoms with Crippen LogP contribution < -0.4 is 5.32 Å². The van der Waals surface area contributed by atoms with E-state index in [-0.39, 0.29) is 0 Å². The lowest BCUT2D eigenvalue weighted by Crippen LogP contribution is -2.42. The Morgan fingerprint density at radius 2 is 1.84 bits per heavy atom. The van der Waals surface area contributed by atoms with Gasteiger partial charge in [-0.1, -0.05) is 30.3 Å². The maximum Gasteiger partial charge on any atom is 0.332 e. The summed E-state index contributed by atoms with van der Waals surface area (Å²) < 4.78 is 0. The standard InChI is InChI=1S/C11H16N2.C3H6O3/c1-2-4-11(5-3-1)10-13-8-6-12-7-9-13;1-2(4)3(5)6/h1-5,12H,6-10H2;2,4H,1H3,(H,5,6). The minimum Gasteiger partial charge on any atom is -0.479 e. The van der Waals surface area contributed by atoms with E-state index >= 15 is 0 Å². The predicted octanol–water partition coefficient (Wildman–Crippen LogP) is 0.544. The third kappa shape index (κ3) is 6.91. The zero-order valence-electron chi connectivity index (χ0n) is 11.2. The van der Waals surface area contributed by atoms with Crippen molar-refractivity contribution in [3.05, 3.63) is 35.9 Å². The lowest BCUT2D eigenvalue weighted by molar-refractivity contribution is -0.145. The van der Waals surface area contributed by atoms with Crippen LogP contribution >= 0.6 is 0 Å². The highest BCUT2D eigenvalue weighted by Crippen LogP contribution is 2.04. The van der Waals surface area contributed by atoms with E-state index in [1.807, 2.05) is 0 Å². The predicted molar refractivity (Wildman–Crippen MR) is 73.9 cm³/mol. The molecule has 1 heterocycles. The molecule has 0 aliphatic carbocycles. The van der Waals surface area contributed by atoms with E-state index in [2.05, 4.69) is 40.5 Å². The van der Waals surface area contributed by atoms with Crippen LogP contribution in [0.4, 0.5) is 0 Å². The Morgan fingerprint density at radius 3 is 2.32 bits per heavy atom. The molecule has 106 valence electrons. The van der Waals surface area contributed by atoms with Crippen LogP contribution in [-0.2, 0) is 11.3 Å². The average Bonchev–Trinajstić information content (AvgIpc) is 2.41. The van der Waals surface area contributed by atoms with E-state index in [0.29, 0.717) is 0 Å². The molecule has 1 aromatic rings. The van der Waals surface area contributed by atoms with Crippen LogP contribution in [0, 0.1) is 0 Å². The fourth-order valence-electron chi connectivity index (χ4n) is 1.71. The van der Waals surface area contributed by atoms with Crippen molar-refractivity contribution < 1.29 is 15.0 Å². The van der Waals surface area contributed by atoms with Gasteiger partial charge in [-0.2, -0.15) is 0 Å². The zero-order chi connectivity index (χ0) is 14.1. The van der Waals surface area contributed by atoms with E-state index < -0.39 is 12.1 Å². The number of aliphatic carboxylic acids is 1. The Balaban J connectivity index is 0.000000258. The molecule has 1 fully saturated rings. The number of piperazine rings is 1. The summed E-state index contributed by atoms with van der Waals surface area (Å²) >= 11 is 0. The topological polar surface area (TPSA) is 72.8 Å². The van der Waals surface area contributed by atoms with E-state index in [1.165, 1.54) is 25.6 Å². The number of carboxylic acids is 1. The highest BCUT2D eigenvalue weighted by atomic mass is 16.4. The largest absolute Gasteiger partial charge is 0.479 e. The first-order valence-corrected chi connectivity index (χ1v) is 6.47. The summed E-state index contributed by atoms with van der Waals surface area (Å²) in [7, 11) is 0. The molecule has 5 heteroatoms. The quantitative estimate of drug-likeness (QED) is 0.745. The van der Waals surface area contributed by atoms with Crippen LogP contribution in [0.25, 0.3) is 0 Å². The van der Waals surface area contributed by atoms with Gasteiger partial charge >= 0.3 is 5.97 Å². The van der Waals surface area contributed by atoms with E-state index in [0.717, 1.165) is 19.6 Å². The number of aliphatic hydroxyl groups excluding tert-OH is 1. The fourth-order valence-corrected chi connectivity index (χ4v) is 1.71. The van der Waals surface area contributed by atoms with Crippen molar-refractivity contribution in [2.75, 3.05) is 26.2 Å². The first-order chi connectivity index (χ1) is 9.09. The molecule has 0 saturated carbocycles. The first-order valence-electron chi connectivity index (χ1n) is 6.47. The van der Waals surface area contributed by atoms with Crippen LogP contribution in [0.15, 0.2) is 30.3 Å². The van der Waals surface area contributed by atoms with Crippen LogP contribution in [0.2, 0.25) is 0 Å². The Bertz CT molecular complexity index is 362. The number of hydrogen-bond donors (Lipinski definition) is 3. The van der Waals surface area contributed by atoms with Crippen molar-refractivity contribution >= 4 is 5.97 Å². The number of nitrogens with zero attached hydrogens (tertiary/aromatic N) is 1. The SMILES string of the molecule is CC(O)C(=O)O.c1ccc(CN2CCNCC2)cc1. The van der Waals surface area contributed by atoms with Crippen molar-refractivity contribution in [3.8, 4) is 0 Å². The molecule has 1 atom stereocenters. The zero-order valence-corrected chi connectivity index (χ0v) is 11.2. The average molecular weight is 266 g/mol. The summed E-state index contributed by atoms with van der Waals surface area (Å²) in [5.74, 6) is -1.19. The van der Waals surface area contributed by atoms with Crippen LogP contribution in [-0.4, -0.2) is 53.4 Å². The van der Waals surface area contributed by atoms with E-state index in [4.69, 9.17) is 10.2 Å². The van der Waals surface area contributed by atoms with E-state index in [9.17, 15) is 4.79 Å². The molecular formula is C14H22N2O3. The third-order valence-electron chi connectivity index (χ3n) is 2.82. The van der Waals surface area contributed by atoms with Gasteiger partial charge in [0.15, 0.2) is 0 Å². The van der Waals surface area contributed by atoms with Gasteiger partial charge < -0.3 is 15.5 Å². The molecule has 5 nitrogen and oxygen atoms in total. The number of hydrogen-bond acceptors (Lipinski definition) is 4. The summed E-state index contributed by atoms with van der Waals surface area (Å²) in [6.45, 7) is 6.91. The normalized spacial score (nSPS) is 17.2. The number of aliphatic hydroxyl groups is 1. The van der Waals surface area contributed by atoms with Gasteiger partial charge in [-0.05, 0) is 12.5 Å². The summed E-state index contributed by atoms with van der Waals surface area (Å²) in [5.41, 5.74) is 1.42. The minimum absolute atomic E-state index is 1.10. The summed E-state index contributed by atoms with van der Waals surface area (Å²) in [4.78, 5) is 11.9. The van der Waals surface area contributed by atoms with E-state index in [1.54, 1.807) is 0 Å². The molecule has 0 radical (unpaired) electrons. The summed E-state index contributed by atoms with van der Waals surface area (Å²) in [6, 6.07) is 10.7.